The fraction of sp³-hybridized carbons (Fsp3) is 0.318. The van der Waals surface area contributed by atoms with Gasteiger partial charge in [0.05, 0.1) is 19.3 Å². The summed E-state index contributed by atoms with van der Waals surface area (Å²) < 4.78 is 21.4. The van der Waals surface area contributed by atoms with Gasteiger partial charge in [0.2, 0.25) is 23.2 Å². The van der Waals surface area contributed by atoms with Crippen molar-refractivity contribution in [1.29, 1.82) is 0 Å². The lowest BCUT2D eigenvalue weighted by molar-refractivity contribution is -0.277. The lowest BCUT2D eigenvalue weighted by Crippen LogP contribution is -2.60. The van der Waals surface area contributed by atoms with Crippen LogP contribution < -0.4 is 14.9 Å². The maximum absolute atomic E-state index is 13.5. The molecule has 0 radical (unpaired) electrons. The van der Waals surface area contributed by atoms with Crippen molar-refractivity contribution in [2.45, 2.75) is 30.7 Å². The number of phenols is 4. The van der Waals surface area contributed by atoms with Crippen LogP contribution in [0.3, 0.4) is 0 Å². The molecule has 4 rings (SSSR count). The summed E-state index contributed by atoms with van der Waals surface area (Å²) in [5.74, 6) is -3.84. The molecule has 0 aliphatic carbocycles. The zero-order valence-electron chi connectivity index (χ0n) is 18.0. The van der Waals surface area contributed by atoms with E-state index in [-0.39, 0.29) is 16.9 Å². The highest BCUT2D eigenvalue weighted by Gasteiger charge is 2.45. The van der Waals surface area contributed by atoms with Gasteiger partial charge in [0.25, 0.3) is 0 Å². The molecule has 2 heterocycles. The normalized spacial score (nSPS) is 24.4. The highest BCUT2D eigenvalue weighted by molar-refractivity contribution is 5.91. The number of hydrogen-bond donors (Lipinski definition) is 8. The van der Waals surface area contributed by atoms with Gasteiger partial charge in [0.15, 0.2) is 17.3 Å². The average Bonchev–Trinajstić information content (AvgIpc) is 2.81. The predicted molar refractivity (Wildman–Crippen MR) is 116 cm³/mol. The Kier molecular flexibility index (Phi) is 6.36. The van der Waals surface area contributed by atoms with Crippen LogP contribution in [0.25, 0.3) is 22.3 Å². The van der Waals surface area contributed by atoms with Crippen molar-refractivity contribution in [2.75, 3.05) is 13.7 Å². The SMILES string of the molecule is COc1c(O)cc2oc(-c3ccc(O)cc3O)c(O[C@@H]3O[C@H](CO)[C@@H](O)[C@H](O)[C@H]3O)c(=O)c2c1O. The predicted octanol–water partition coefficient (Wildman–Crippen LogP) is -0.530. The molecular formula is C22H22O13. The smallest absolute Gasteiger partial charge is 0.239 e. The molecule has 8 N–H and O–H groups in total. The molecule has 2 aromatic carbocycles. The zero-order chi connectivity index (χ0) is 25.6. The van der Waals surface area contributed by atoms with Gasteiger partial charge in [-0.15, -0.1) is 0 Å². The Hall–Kier alpha value is -3.75. The topological polar surface area (TPSA) is 220 Å². The summed E-state index contributed by atoms with van der Waals surface area (Å²) in [4.78, 5) is 13.5. The number of aliphatic hydroxyl groups excluding tert-OH is 4. The molecule has 1 fully saturated rings. The van der Waals surface area contributed by atoms with Crippen molar-refractivity contribution in [1.82, 2.24) is 0 Å². The third kappa shape index (κ3) is 4.05. The van der Waals surface area contributed by atoms with Crippen LogP contribution in [-0.4, -0.2) is 85.3 Å². The molecule has 13 nitrogen and oxygen atoms in total. The van der Waals surface area contributed by atoms with E-state index in [1.165, 1.54) is 12.1 Å². The van der Waals surface area contributed by atoms with Gasteiger partial charge in [-0.2, -0.15) is 0 Å². The Morgan fingerprint density at radius 1 is 0.943 bits per heavy atom. The first-order valence-electron chi connectivity index (χ1n) is 10.2. The molecule has 13 heteroatoms. The van der Waals surface area contributed by atoms with Gasteiger partial charge < -0.3 is 59.5 Å². The van der Waals surface area contributed by atoms with Crippen LogP contribution in [0, 0.1) is 0 Å². The molecule has 188 valence electrons. The first-order valence-corrected chi connectivity index (χ1v) is 10.2. The second kappa shape index (κ2) is 9.13. The summed E-state index contributed by atoms with van der Waals surface area (Å²) in [6.45, 7) is -0.764. The van der Waals surface area contributed by atoms with Crippen LogP contribution in [0.5, 0.6) is 34.5 Å². The van der Waals surface area contributed by atoms with Crippen molar-refractivity contribution in [3.05, 3.63) is 34.5 Å². The Labute approximate surface area is 195 Å². The molecule has 0 saturated carbocycles. The van der Waals surface area contributed by atoms with Crippen molar-refractivity contribution >= 4 is 11.0 Å². The summed E-state index contributed by atoms with van der Waals surface area (Å²) in [7, 11) is 1.14. The number of ether oxygens (including phenoxy) is 3. The molecule has 1 aliphatic rings. The number of aliphatic hydroxyl groups is 4. The third-order valence-electron chi connectivity index (χ3n) is 5.56. The van der Waals surface area contributed by atoms with E-state index in [9.17, 15) is 45.6 Å². The second-order valence-electron chi connectivity index (χ2n) is 7.76. The molecule has 3 aromatic rings. The van der Waals surface area contributed by atoms with E-state index in [0.717, 1.165) is 19.2 Å². The van der Waals surface area contributed by atoms with Gasteiger partial charge in [-0.3, -0.25) is 4.79 Å². The van der Waals surface area contributed by atoms with Gasteiger partial charge >= 0.3 is 0 Å². The Morgan fingerprint density at radius 2 is 1.66 bits per heavy atom. The monoisotopic (exact) mass is 494 g/mol. The third-order valence-corrected chi connectivity index (χ3v) is 5.56. The van der Waals surface area contributed by atoms with Crippen LogP contribution in [0.2, 0.25) is 0 Å². The molecule has 0 bridgehead atoms. The van der Waals surface area contributed by atoms with E-state index >= 15 is 0 Å². The number of methoxy groups -OCH3 is 1. The molecule has 35 heavy (non-hydrogen) atoms. The number of phenolic OH excluding ortho intramolecular Hbond substituents is 4. The summed E-state index contributed by atoms with van der Waals surface area (Å²) in [6.07, 6.45) is -8.59. The molecule has 1 saturated heterocycles. The summed E-state index contributed by atoms with van der Waals surface area (Å²) in [5.41, 5.74) is -1.56. The number of hydrogen-bond acceptors (Lipinski definition) is 13. The van der Waals surface area contributed by atoms with E-state index in [0.29, 0.717) is 0 Å². The molecular weight excluding hydrogens is 472 g/mol. The van der Waals surface area contributed by atoms with E-state index in [2.05, 4.69) is 0 Å². The van der Waals surface area contributed by atoms with Gasteiger partial charge in [-0.1, -0.05) is 0 Å². The molecule has 1 aliphatic heterocycles. The zero-order valence-corrected chi connectivity index (χ0v) is 18.0. The minimum Gasteiger partial charge on any atom is -0.508 e. The maximum atomic E-state index is 13.5. The fourth-order valence-electron chi connectivity index (χ4n) is 3.76. The second-order valence-corrected chi connectivity index (χ2v) is 7.76. The summed E-state index contributed by atoms with van der Waals surface area (Å²) in [6, 6.07) is 4.27. The number of aromatic hydroxyl groups is 4. The van der Waals surface area contributed by atoms with E-state index in [1.54, 1.807) is 0 Å². The standard InChI is InChI=1S/C22H22O13/c1-32-20-10(26)5-11-13(15(20)28)16(29)21(19(33-11)8-3-2-7(24)4-9(8)25)35-22-18(31)17(30)14(27)12(6-23)34-22/h2-5,12,14,17-18,22-28,30-31H,6H2,1H3/t12-,14-,17+,18-,22+/m1/s1. The molecule has 0 unspecified atom stereocenters. The van der Waals surface area contributed by atoms with E-state index in [1.807, 2.05) is 0 Å². The van der Waals surface area contributed by atoms with Crippen molar-refractivity contribution < 1.29 is 59.5 Å². The quantitative estimate of drug-likeness (QED) is 0.224. The fourth-order valence-corrected chi connectivity index (χ4v) is 3.76. The Balaban J connectivity index is 1.96. The first-order chi connectivity index (χ1) is 16.6. The minimum absolute atomic E-state index is 0.170. The van der Waals surface area contributed by atoms with Crippen LogP contribution >= 0.6 is 0 Å². The lowest BCUT2D eigenvalue weighted by atomic mass is 9.99. The molecule has 5 atom stereocenters. The van der Waals surface area contributed by atoms with Crippen molar-refractivity contribution in [2.24, 2.45) is 0 Å². The molecule has 0 amide bonds. The first kappa shape index (κ1) is 24.4. The maximum Gasteiger partial charge on any atom is 0.239 e. The summed E-state index contributed by atoms with van der Waals surface area (Å²) in [5, 5.41) is 80.0. The van der Waals surface area contributed by atoms with Gasteiger partial charge in [0, 0.05) is 12.1 Å². The van der Waals surface area contributed by atoms with Crippen LogP contribution in [0.4, 0.5) is 0 Å². The van der Waals surface area contributed by atoms with E-state index < -0.39 is 82.6 Å². The largest absolute Gasteiger partial charge is 0.508 e. The van der Waals surface area contributed by atoms with Crippen LogP contribution in [0.1, 0.15) is 0 Å². The highest BCUT2D eigenvalue weighted by Crippen LogP contribution is 2.45. The van der Waals surface area contributed by atoms with Gasteiger partial charge in [0.1, 0.15) is 46.9 Å². The Morgan fingerprint density at radius 3 is 2.29 bits per heavy atom. The van der Waals surface area contributed by atoms with Crippen LogP contribution in [0.15, 0.2) is 33.5 Å². The Bertz CT molecular complexity index is 1320. The van der Waals surface area contributed by atoms with Gasteiger partial charge in [-0.05, 0) is 12.1 Å². The lowest BCUT2D eigenvalue weighted by Gasteiger charge is -2.39. The van der Waals surface area contributed by atoms with Crippen molar-refractivity contribution in [3.63, 3.8) is 0 Å². The van der Waals surface area contributed by atoms with Crippen LogP contribution in [-0.2, 0) is 4.74 Å². The molecule has 0 spiro atoms. The minimum atomic E-state index is -1.90. The number of rotatable bonds is 5. The van der Waals surface area contributed by atoms with Crippen molar-refractivity contribution in [3.8, 4) is 45.8 Å². The van der Waals surface area contributed by atoms with E-state index in [4.69, 9.17) is 18.6 Å². The highest BCUT2D eigenvalue weighted by atomic mass is 16.7. The summed E-state index contributed by atoms with van der Waals surface area (Å²) >= 11 is 0. The number of benzene rings is 2. The molecule has 1 aromatic heterocycles. The number of fused-ring (bicyclic) bond motifs is 1. The van der Waals surface area contributed by atoms with Gasteiger partial charge in [-0.25, -0.2) is 0 Å². The average molecular weight is 494 g/mol.